The number of amides is 2. The normalized spacial score (nSPS) is 25.5. The number of carbonyl (C=O) groups is 3. The maximum atomic E-state index is 13.1. The summed E-state index contributed by atoms with van der Waals surface area (Å²) in [5.74, 6) is -3.19. The van der Waals surface area contributed by atoms with E-state index >= 15 is 0 Å². The summed E-state index contributed by atoms with van der Waals surface area (Å²) in [6.45, 7) is 6.16. The van der Waals surface area contributed by atoms with Gasteiger partial charge in [-0.3, -0.25) is 9.59 Å². The van der Waals surface area contributed by atoms with Gasteiger partial charge in [0.1, 0.15) is 6.04 Å². The lowest BCUT2D eigenvalue weighted by Gasteiger charge is -2.32. The number of guanidine groups is 1. The van der Waals surface area contributed by atoms with Crippen LogP contribution in [0.25, 0.3) is 0 Å². The molecular formula is C17H31N5O5. The summed E-state index contributed by atoms with van der Waals surface area (Å²) in [7, 11) is 0. The van der Waals surface area contributed by atoms with Crippen molar-refractivity contribution in [3.8, 4) is 0 Å². The van der Waals surface area contributed by atoms with Gasteiger partial charge in [0.05, 0.1) is 6.04 Å². The van der Waals surface area contributed by atoms with Crippen molar-refractivity contribution in [3.05, 3.63) is 0 Å². The molecule has 2 amide bonds. The van der Waals surface area contributed by atoms with E-state index in [-0.39, 0.29) is 24.7 Å². The van der Waals surface area contributed by atoms with Crippen LogP contribution in [0.15, 0.2) is 4.99 Å². The van der Waals surface area contributed by atoms with Crippen molar-refractivity contribution in [1.82, 2.24) is 10.2 Å². The fourth-order valence-corrected chi connectivity index (χ4v) is 3.59. The Morgan fingerprint density at radius 3 is 2.19 bits per heavy atom. The number of aliphatic imine (C=N–C) groups is 1. The molecule has 4 atom stereocenters. The lowest BCUT2D eigenvalue weighted by molar-refractivity contribution is -0.158. The molecule has 1 aliphatic rings. The van der Waals surface area contributed by atoms with Crippen molar-refractivity contribution in [3.63, 3.8) is 0 Å². The minimum Gasteiger partial charge on any atom is -0.479 e. The fourth-order valence-electron chi connectivity index (χ4n) is 3.59. The molecule has 1 saturated carbocycles. The van der Waals surface area contributed by atoms with Gasteiger partial charge in [0.15, 0.2) is 11.6 Å². The molecule has 0 bridgehead atoms. The quantitative estimate of drug-likeness (QED) is 0.250. The van der Waals surface area contributed by atoms with Gasteiger partial charge in [-0.2, -0.15) is 0 Å². The molecule has 0 aromatic rings. The molecule has 0 aliphatic heterocycles. The summed E-state index contributed by atoms with van der Waals surface area (Å²) in [5.41, 5.74) is 8.83. The number of aliphatic hydroxyl groups is 1. The molecule has 154 valence electrons. The molecule has 1 unspecified atom stereocenters. The SMILES string of the molecule is CCCN(CCC)C(=O)C(NC(C)=O)[C@H]1C[C@@](O)(C(=O)O)C[C@@H]1N=C(N)N. The molecule has 0 radical (unpaired) electrons. The minimum atomic E-state index is -2.06. The highest BCUT2D eigenvalue weighted by atomic mass is 16.4. The molecule has 0 heterocycles. The zero-order chi connectivity index (χ0) is 20.8. The van der Waals surface area contributed by atoms with Gasteiger partial charge in [0, 0.05) is 32.4 Å². The highest BCUT2D eigenvalue weighted by Crippen LogP contribution is 2.39. The number of hydrogen-bond acceptors (Lipinski definition) is 5. The van der Waals surface area contributed by atoms with Gasteiger partial charge in [-0.1, -0.05) is 13.8 Å². The lowest BCUT2D eigenvalue weighted by Crippen LogP contribution is -2.54. The smallest absolute Gasteiger partial charge is 0.335 e. The van der Waals surface area contributed by atoms with E-state index in [0.29, 0.717) is 13.1 Å². The summed E-state index contributed by atoms with van der Waals surface area (Å²) in [6.07, 6.45) is 0.988. The Balaban J connectivity index is 3.28. The van der Waals surface area contributed by atoms with Gasteiger partial charge >= 0.3 is 5.97 Å². The zero-order valence-corrected chi connectivity index (χ0v) is 16.1. The van der Waals surface area contributed by atoms with Crippen LogP contribution < -0.4 is 16.8 Å². The second-order valence-electron chi connectivity index (χ2n) is 7.03. The van der Waals surface area contributed by atoms with E-state index in [1.54, 1.807) is 4.90 Å². The van der Waals surface area contributed by atoms with Crippen LogP contribution in [-0.2, 0) is 14.4 Å². The summed E-state index contributed by atoms with van der Waals surface area (Å²) >= 11 is 0. The first kappa shape index (κ1) is 22.7. The Hall–Kier alpha value is -2.36. The van der Waals surface area contributed by atoms with Crippen LogP contribution >= 0.6 is 0 Å². The third kappa shape index (κ3) is 5.81. The van der Waals surface area contributed by atoms with Gasteiger partial charge < -0.3 is 31.9 Å². The lowest BCUT2D eigenvalue weighted by atomic mass is 9.91. The van der Waals surface area contributed by atoms with Crippen molar-refractivity contribution in [2.75, 3.05) is 13.1 Å². The number of carbonyl (C=O) groups excluding carboxylic acids is 2. The number of nitrogens with one attached hydrogen (secondary N) is 1. The van der Waals surface area contributed by atoms with Crippen LogP contribution in [-0.4, -0.2) is 69.6 Å². The number of aliphatic carboxylic acids is 1. The molecule has 10 heteroatoms. The Kier molecular flexibility index (Phi) is 8.01. The van der Waals surface area contributed by atoms with Gasteiger partial charge in [-0.15, -0.1) is 0 Å². The number of nitrogens with two attached hydrogens (primary N) is 2. The highest BCUT2D eigenvalue weighted by Gasteiger charge is 2.53. The largest absolute Gasteiger partial charge is 0.479 e. The molecule has 27 heavy (non-hydrogen) atoms. The molecule has 0 saturated heterocycles. The van der Waals surface area contributed by atoms with Crippen LogP contribution in [0.3, 0.4) is 0 Å². The van der Waals surface area contributed by atoms with Gasteiger partial charge in [0.2, 0.25) is 11.8 Å². The average Bonchev–Trinajstić information content (AvgIpc) is 2.88. The van der Waals surface area contributed by atoms with Crippen LogP contribution in [0.5, 0.6) is 0 Å². The maximum absolute atomic E-state index is 13.1. The monoisotopic (exact) mass is 385 g/mol. The Morgan fingerprint density at radius 2 is 1.78 bits per heavy atom. The number of carboxylic acids is 1. The number of carboxylic acid groups (broad SMARTS) is 1. The summed E-state index contributed by atoms with van der Waals surface area (Å²) in [5, 5.41) is 22.4. The highest BCUT2D eigenvalue weighted by molar-refractivity contribution is 5.88. The van der Waals surface area contributed by atoms with E-state index in [1.165, 1.54) is 6.92 Å². The summed E-state index contributed by atoms with van der Waals surface area (Å²) in [4.78, 5) is 42.0. The van der Waals surface area contributed by atoms with Gasteiger partial charge in [0.25, 0.3) is 0 Å². The van der Waals surface area contributed by atoms with E-state index in [1.807, 2.05) is 13.8 Å². The Morgan fingerprint density at radius 1 is 1.22 bits per heavy atom. The predicted molar refractivity (Wildman–Crippen MR) is 99.7 cm³/mol. The standard InChI is InChI=1S/C17H31N5O5/c1-4-6-22(7-5-2)14(24)13(20-10(3)23)11-8-17(27,15(25)26)9-12(11)21-16(18)19/h11-13,27H,4-9H2,1-3H3,(H,20,23)(H,25,26)(H4,18,19,21)/t11-,12-,13?,17-/m0/s1. The second-order valence-corrected chi connectivity index (χ2v) is 7.03. The molecule has 0 aromatic carbocycles. The molecule has 1 fully saturated rings. The van der Waals surface area contributed by atoms with Crippen LogP contribution in [0.1, 0.15) is 46.5 Å². The first-order chi connectivity index (χ1) is 12.6. The minimum absolute atomic E-state index is 0.240. The third-order valence-corrected chi connectivity index (χ3v) is 4.68. The number of hydrogen-bond donors (Lipinski definition) is 5. The van der Waals surface area contributed by atoms with Crippen molar-refractivity contribution >= 4 is 23.7 Å². The van der Waals surface area contributed by atoms with Crippen LogP contribution in [0, 0.1) is 5.92 Å². The van der Waals surface area contributed by atoms with Crippen molar-refractivity contribution < 1.29 is 24.6 Å². The molecule has 10 nitrogen and oxygen atoms in total. The van der Waals surface area contributed by atoms with Crippen molar-refractivity contribution in [1.29, 1.82) is 0 Å². The molecule has 0 spiro atoms. The fraction of sp³-hybridized carbons (Fsp3) is 0.765. The van der Waals surface area contributed by atoms with Gasteiger partial charge in [-0.05, 0) is 19.3 Å². The molecule has 1 rings (SSSR count). The second kappa shape index (κ2) is 9.54. The van der Waals surface area contributed by atoms with Crippen LogP contribution in [0.2, 0.25) is 0 Å². The van der Waals surface area contributed by atoms with Crippen molar-refractivity contribution in [2.24, 2.45) is 22.4 Å². The van der Waals surface area contributed by atoms with E-state index in [0.717, 1.165) is 12.8 Å². The molecule has 7 N–H and O–H groups in total. The molecular weight excluding hydrogens is 354 g/mol. The summed E-state index contributed by atoms with van der Waals surface area (Å²) in [6, 6.07) is -1.83. The van der Waals surface area contributed by atoms with E-state index in [9.17, 15) is 24.6 Å². The molecule has 1 aliphatic carbocycles. The molecule has 0 aromatic heterocycles. The summed E-state index contributed by atoms with van der Waals surface area (Å²) < 4.78 is 0. The number of rotatable bonds is 9. The average molecular weight is 385 g/mol. The maximum Gasteiger partial charge on any atom is 0.335 e. The Bertz CT molecular complexity index is 586. The third-order valence-electron chi connectivity index (χ3n) is 4.68. The van der Waals surface area contributed by atoms with E-state index < -0.39 is 35.5 Å². The van der Waals surface area contributed by atoms with E-state index in [4.69, 9.17) is 11.5 Å². The van der Waals surface area contributed by atoms with Crippen molar-refractivity contribution in [2.45, 2.75) is 64.1 Å². The Labute approximate surface area is 159 Å². The topological polar surface area (TPSA) is 171 Å². The van der Waals surface area contributed by atoms with Crippen LogP contribution in [0.4, 0.5) is 0 Å². The number of nitrogens with zero attached hydrogens (tertiary/aromatic N) is 2. The van der Waals surface area contributed by atoms with E-state index in [2.05, 4.69) is 10.3 Å². The van der Waals surface area contributed by atoms with Gasteiger partial charge in [-0.25, -0.2) is 9.79 Å². The zero-order valence-electron chi connectivity index (χ0n) is 16.1. The predicted octanol–water partition coefficient (Wildman–Crippen LogP) is -0.993. The first-order valence-electron chi connectivity index (χ1n) is 9.16. The first-order valence-corrected chi connectivity index (χ1v) is 9.16.